The molecule has 0 atom stereocenters. The van der Waals surface area contributed by atoms with E-state index in [0.717, 1.165) is 34.0 Å². The van der Waals surface area contributed by atoms with Gasteiger partial charge in [-0.25, -0.2) is 13.8 Å². The van der Waals surface area contributed by atoms with Gasteiger partial charge >= 0.3 is 0 Å². The molecule has 220 valence electrons. The number of nitrogens with zero attached hydrogens (tertiary/aromatic N) is 5. The fourth-order valence-corrected chi connectivity index (χ4v) is 4.47. The van der Waals surface area contributed by atoms with Crippen molar-refractivity contribution in [2.75, 3.05) is 23.8 Å². The highest BCUT2D eigenvalue weighted by Crippen LogP contribution is 2.32. The molecule has 0 saturated carbocycles. The van der Waals surface area contributed by atoms with Gasteiger partial charge in [0, 0.05) is 35.1 Å². The molecule has 0 fully saturated rings. The molecule has 0 spiro atoms. The number of para-hydroxylation sites is 1. The molecule has 0 saturated heterocycles. The predicted octanol–water partition coefficient (Wildman–Crippen LogP) is 3.08. The number of hydrogen-bond donors (Lipinski definition) is 4. The molecule has 5 aromatic rings. The number of hydrogen-bond acceptors (Lipinski definition) is 9. The molecule has 1 amide bonds. The lowest BCUT2D eigenvalue weighted by atomic mass is 10.0. The molecule has 0 aliphatic rings. The maximum Gasteiger partial charge on any atom is 0.256 e. The summed E-state index contributed by atoms with van der Waals surface area (Å²) >= 11 is 0. The number of aryl methyl sites for hydroxylation is 2. The maximum atomic E-state index is 14.9. The van der Waals surface area contributed by atoms with Crippen LogP contribution in [0.25, 0.3) is 28.0 Å². The van der Waals surface area contributed by atoms with E-state index in [0.29, 0.717) is 16.9 Å². The minimum Gasteiger partial charge on any atom is -0.394 e. The van der Waals surface area contributed by atoms with Crippen LogP contribution in [0.15, 0.2) is 65.7 Å². The van der Waals surface area contributed by atoms with E-state index in [1.807, 2.05) is 0 Å². The van der Waals surface area contributed by atoms with Gasteiger partial charge < -0.3 is 20.8 Å². The van der Waals surface area contributed by atoms with E-state index in [4.69, 9.17) is 0 Å². The molecular weight excluding hydrogens is 560 g/mol. The lowest BCUT2D eigenvalue weighted by Crippen LogP contribution is -2.29. The van der Waals surface area contributed by atoms with Crippen LogP contribution < -0.4 is 16.2 Å². The third-order valence-corrected chi connectivity index (χ3v) is 6.64. The summed E-state index contributed by atoms with van der Waals surface area (Å²) in [4.78, 5) is 43.2. The smallest absolute Gasteiger partial charge is 0.256 e. The van der Waals surface area contributed by atoms with Crippen LogP contribution in [0.1, 0.15) is 17.0 Å². The average molecular weight is 588 g/mol. The van der Waals surface area contributed by atoms with Crippen LogP contribution in [0.3, 0.4) is 0 Å². The number of benzene rings is 2. The number of aromatic nitrogens is 5. The number of aliphatic hydroxyl groups excluding tert-OH is 2. The summed E-state index contributed by atoms with van der Waals surface area (Å²) in [6.07, 6.45) is 3.09. The Bertz CT molecular complexity index is 1860. The highest BCUT2D eigenvalue weighted by atomic mass is 19.1. The summed E-state index contributed by atoms with van der Waals surface area (Å²) in [5.41, 5.74) is 1.69. The lowest BCUT2D eigenvalue weighted by Gasteiger charge is -2.18. The van der Waals surface area contributed by atoms with Crippen LogP contribution in [0.2, 0.25) is 0 Å². The standard InChI is InChI=1S/C30H27F2N7O4/c1-16-6-7-18(35-25(42)11-19-13-33-17(2)12-34-19)10-22(16)27-21-8-9-26(43)39(28-23(31)4-3-5-24(28)32)29(21)38-30(37-27)36-20(14-40)15-41/h3-10,12-13,20,40-41H,11,14-15H2,1-2H3,(H,35,42)(H,36,37,38). The highest BCUT2D eigenvalue weighted by Gasteiger charge is 2.21. The Morgan fingerprint density at radius 2 is 1.72 bits per heavy atom. The number of nitrogens with one attached hydrogen (secondary N) is 2. The SMILES string of the molecule is Cc1cnc(CC(=O)Nc2ccc(C)c(-c3nc(NC(CO)CO)nc4c3ccc(=O)n4-c3c(F)cccc3F)c2)cn1. The predicted molar refractivity (Wildman–Crippen MR) is 156 cm³/mol. The summed E-state index contributed by atoms with van der Waals surface area (Å²) in [6.45, 7) is 2.66. The van der Waals surface area contributed by atoms with Crippen LogP contribution in [-0.4, -0.2) is 59.9 Å². The van der Waals surface area contributed by atoms with E-state index in [-0.39, 0.29) is 35.0 Å². The van der Waals surface area contributed by atoms with Crippen molar-refractivity contribution in [2.45, 2.75) is 26.3 Å². The molecular formula is C30H27F2N7O4. The third kappa shape index (κ3) is 6.22. The molecule has 0 unspecified atom stereocenters. The zero-order chi connectivity index (χ0) is 30.7. The second kappa shape index (κ2) is 12.4. The second-order valence-electron chi connectivity index (χ2n) is 9.82. The van der Waals surface area contributed by atoms with E-state index in [1.165, 1.54) is 18.3 Å². The Morgan fingerprint density at radius 3 is 2.40 bits per heavy atom. The summed E-state index contributed by atoms with van der Waals surface area (Å²) in [5.74, 6) is -2.40. The van der Waals surface area contributed by atoms with Gasteiger partial charge in [0.15, 0.2) is 5.65 Å². The summed E-state index contributed by atoms with van der Waals surface area (Å²) in [5, 5.41) is 25.2. The number of aliphatic hydroxyl groups is 2. The number of amides is 1. The third-order valence-electron chi connectivity index (χ3n) is 6.64. The molecule has 0 aliphatic carbocycles. The van der Waals surface area contributed by atoms with Crippen molar-refractivity contribution in [1.29, 1.82) is 0 Å². The molecule has 13 heteroatoms. The molecule has 2 aromatic carbocycles. The largest absolute Gasteiger partial charge is 0.394 e. The van der Waals surface area contributed by atoms with E-state index >= 15 is 0 Å². The van der Waals surface area contributed by atoms with Crippen molar-refractivity contribution in [3.8, 4) is 16.9 Å². The van der Waals surface area contributed by atoms with Crippen molar-refractivity contribution >= 4 is 28.6 Å². The molecule has 3 heterocycles. The topological polar surface area (TPSA) is 155 Å². The monoisotopic (exact) mass is 587 g/mol. The van der Waals surface area contributed by atoms with Crippen LogP contribution in [0.5, 0.6) is 0 Å². The van der Waals surface area contributed by atoms with E-state index in [9.17, 15) is 28.6 Å². The quantitative estimate of drug-likeness (QED) is 0.204. The average Bonchev–Trinajstić information content (AvgIpc) is 2.98. The molecule has 0 bridgehead atoms. The van der Waals surface area contributed by atoms with Gasteiger partial charge in [-0.3, -0.25) is 24.1 Å². The van der Waals surface area contributed by atoms with Crippen molar-refractivity contribution in [3.05, 3.63) is 99.9 Å². The first-order valence-electron chi connectivity index (χ1n) is 13.2. The van der Waals surface area contributed by atoms with Crippen LogP contribution in [0.4, 0.5) is 20.4 Å². The number of fused-ring (bicyclic) bond motifs is 1. The summed E-state index contributed by atoms with van der Waals surface area (Å²) < 4.78 is 30.7. The molecule has 5 rings (SSSR count). The summed E-state index contributed by atoms with van der Waals surface area (Å²) in [6, 6.07) is 10.1. The van der Waals surface area contributed by atoms with Gasteiger partial charge in [0.05, 0.1) is 42.8 Å². The van der Waals surface area contributed by atoms with E-state index in [2.05, 4.69) is 30.6 Å². The first-order chi connectivity index (χ1) is 20.7. The Morgan fingerprint density at radius 1 is 0.977 bits per heavy atom. The van der Waals surface area contributed by atoms with Crippen LogP contribution in [-0.2, 0) is 11.2 Å². The Labute approximate surface area is 243 Å². The van der Waals surface area contributed by atoms with Crippen molar-refractivity contribution in [1.82, 2.24) is 24.5 Å². The Balaban J connectivity index is 1.66. The highest BCUT2D eigenvalue weighted by molar-refractivity contribution is 5.96. The van der Waals surface area contributed by atoms with Gasteiger partial charge in [0.25, 0.3) is 5.56 Å². The van der Waals surface area contributed by atoms with Crippen molar-refractivity contribution < 1.29 is 23.8 Å². The molecule has 43 heavy (non-hydrogen) atoms. The van der Waals surface area contributed by atoms with Crippen LogP contribution >= 0.6 is 0 Å². The zero-order valence-electron chi connectivity index (χ0n) is 23.2. The Hall–Kier alpha value is -5.14. The number of rotatable bonds is 9. The minimum atomic E-state index is -0.980. The number of pyridine rings is 1. The first kappa shape index (κ1) is 29.4. The number of carbonyl (C=O) groups is 1. The van der Waals surface area contributed by atoms with Crippen molar-refractivity contribution in [3.63, 3.8) is 0 Å². The number of halogens is 2. The fourth-order valence-electron chi connectivity index (χ4n) is 4.47. The van der Waals surface area contributed by atoms with Crippen molar-refractivity contribution in [2.24, 2.45) is 0 Å². The maximum absolute atomic E-state index is 14.9. The molecule has 11 nitrogen and oxygen atoms in total. The van der Waals surface area contributed by atoms with Gasteiger partial charge in [-0.2, -0.15) is 4.98 Å². The van der Waals surface area contributed by atoms with E-state index in [1.54, 1.807) is 38.2 Å². The first-order valence-corrected chi connectivity index (χ1v) is 13.2. The molecule has 4 N–H and O–H groups in total. The lowest BCUT2D eigenvalue weighted by molar-refractivity contribution is -0.115. The number of carbonyl (C=O) groups excluding carboxylic acids is 1. The Kier molecular flexibility index (Phi) is 8.46. The molecule has 0 radical (unpaired) electrons. The van der Waals surface area contributed by atoms with E-state index < -0.39 is 42.1 Å². The van der Waals surface area contributed by atoms with Gasteiger partial charge in [-0.05, 0) is 49.7 Å². The second-order valence-corrected chi connectivity index (χ2v) is 9.82. The fraction of sp³-hybridized carbons (Fsp3) is 0.200. The van der Waals surface area contributed by atoms with Gasteiger partial charge in [-0.15, -0.1) is 0 Å². The zero-order valence-corrected chi connectivity index (χ0v) is 23.2. The summed E-state index contributed by atoms with van der Waals surface area (Å²) in [7, 11) is 0. The van der Waals surface area contributed by atoms with Crippen LogP contribution in [0, 0.1) is 25.5 Å². The molecule has 3 aromatic heterocycles. The number of anilines is 2. The molecule has 0 aliphatic heterocycles. The van der Waals surface area contributed by atoms with Gasteiger partial charge in [0.1, 0.15) is 17.3 Å². The minimum absolute atomic E-state index is 0.00875. The van der Waals surface area contributed by atoms with Gasteiger partial charge in [0.2, 0.25) is 11.9 Å². The normalized spacial score (nSPS) is 11.2. The van der Waals surface area contributed by atoms with Gasteiger partial charge in [-0.1, -0.05) is 12.1 Å².